The van der Waals surface area contributed by atoms with Crippen molar-refractivity contribution in [3.05, 3.63) is 47.3 Å². The maximum atomic E-state index is 11.4. The van der Waals surface area contributed by atoms with E-state index in [0.717, 1.165) is 54.9 Å². The smallest absolute Gasteiger partial charge is 0.212 e. The van der Waals surface area contributed by atoms with Crippen molar-refractivity contribution < 1.29 is 9.59 Å². The highest BCUT2D eigenvalue weighted by molar-refractivity contribution is 5.80. The van der Waals surface area contributed by atoms with Crippen molar-refractivity contribution in [3.63, 3.8) is 0 Å². The minimum Gasteiger partial charge on any atom is -0.342 e. The van der Waals surface area contributed by atoms with E-state index in [1.54, 1.807) is 4.90 Å². The molecule has 4 rings (SSSR count). The molecule has 2 aromatic rings. The van der Waals surface area contributed by atoms with Crippen LogP contribution in [0.4, 0.5) is 0 Å². The number of nitrogens with one attached hydrogen (secondary N) is 2. The van der Waals surface area contributed by atoms with Crippen molar-refractivity contribution in [1.82, 2.24) is 35.3 Å². The highest BCUT2D eigenvalue weighted by Crippen LogP contribution is 2.16. The minimum absolute atomic E-state index is 0.155. The summed E-state index contributed by atoms with van der Waals surface area (Å²) in [4.78, 5) is 40.9. The van der Waals surface area contributed by atoms with E-state index < -0.39 is 0 Å². The Balaban J connectivity index is 0.000000212. The zero-order valence-electron chi connectivity index (χ0n) is 21.2. The van der Waals surface area contributed by atoms with E-state index in [1.807, 2.05) is 39.2 Å². The van der Waals surface area contributed by atoms with Crippen LogP contribution in [0, 0.1) is 18.9 Å². The van der Waals surface area contributed by atoms with Crippen molar-refractivity contribution in [2.24, 2.45) is 4.99 Å². The number of carbonyl (C=O) groups excluding carboxylic acids is 2. The molecular formula is C26H34N8O2. The number of benzene rings is 1. The lowest BCUT2D eigenvalue weighted by Gasteiger charge is -2.35. The Bertz CT molecular complexity index is 1170. The average Bonchev–Trinajstić information content (AvgIpc) is 2.92. The van der Waals surface area contributed by atoms with Gasteiger partial charge in [-0.3, -0.25) is 14.5 Å². The van der Waals surface area contributed by atoms with Crippen molar-refractivity contribution in [1.29, 1.82) is 0 Å². The second-order valence-electron chi connectivity index (χ2n) is 8.95. The van der Waals surface area contributed by atoms with Gasteiger partial charge in [0.2, 0.25) is 6.41 Å². The highest BCUT2D eigenvalue weighted by atomic mass is 16.1. The van der Waals surface area contributed by atoms with Gasteiger partial charge in [0.05, 0.1) is 25.3 Å². The van der Waals surface area contributed by atoms with Gasteiger partial charge in [0, 0.05) is 29.7 Å². The number of aromatic nitrogens is 2. The molecule has 1 fully saturated rings. The summed E-state index contributed by atoms with van der Waals surface area (Å²) >= 11 is 0. The molecule has 10 nitrogen and oxygen atoms in total. The predicted octanol–water partition coefficient (Wildman–Crippen LogP) is 1.09. The summed E-state index contributed by atoms with van der Waals surface area (Å²) in [6, 6.07) is 11.4. The number of carbonyl (C=O) groups is 2. The quantitative estimate of drug-likeness (QED) is 0.257. The van der Waals surface area contributed by atoms with Gasteiger partial charge in [0.15, 0.2) is 12.1 Å². The van der Waals surface area contributed by atoms with Crippen molar-refractivity contribution in [2.75, 3.05) is 40.4 Å². The zero-order chi connectivity index (χ0) is 25.9. The molecule has 2 bridgehead atoms. The molecule has 1 saturated heterocycles. The summed E-state index contributed by atoms with van der Waals surface area (Å²) in [6.07, 6.45) is 3.35. The number of aryl methyl sites for hydroxylation is 1. The summed E-state index contributed by atoms with van der Waals surface area (Å²) < 4.78 is 0. The molecule has 10 heteroatoms. The lowest BCUT2D eigenvalue weighted by molar-refractivity contribution is -0.109. The Hall–Kier alpha value is -3.81. The number of fused-ring (bicyclic) bond motifs is 3. The molecular weight excluding hydrogens is 456 g/mol. The summed E-state index contributed by atoms with van der Waals surface area (Å²) in [5.41, 5.74) is 2.37. The molecule has 0 spiro atoms. The molecule has 3 heterocycles. The Morgan fingerprint density at radius 3 is 2.86 bits per heavy atom. The minimum atomic E-state index is 0.155. The van der Waals surface area contributed by atoms with Crippen LogP contribution in [0.1, 0.15) is 24.4 Å². The van der Waals surface area contributed by atoms with Gasteiger partial charge in [-0.25, -0.2) is 15.0 Å². The number of hydrogen-bond donors (Lipinski definition) is 2. The lowest BCUT2D eigenvalue weighted by Crippen LogP contribution is -2.47. The molecule has 1 amide bonds. The van der Waals surface area contributed by atoms with E-state index in [4.69, 9.17) is 0 Å². The van der Waals surface area contributed by atoms with E-state index in [2.05, 4.69) is 60.1 Å². The fourth-order valence-corrected chi connectivity index (χ4v) is 4.23. The number of allylic oxidation sites excluding steroid dienone is 1. The second-order valence-corrected chi connectivity index (χ2v) is 8.95. The SMILES string of the molecule is C=N/C(NC=O)=C(/C=O)N1CC#CNC2CCCN(C2)C1.Cc1nc(CN(C)C)nc2ccccc12. The van der Waals surface area contributed by atoms with Gasteiger partial charge < -0.3 is 20.4 Å². The van der Waals surface area contributed by atoms with Crippen LogP contribution < -0.4 is 10.6 Å². The van der Waals surface area contributed by atoms with E-state index in [-0.39, 0.29) is 11.5 Å². The third-order valence-corrected chi connectivity index (χ3v) is 5.86. The van der Waals surface area contributed by atoms with Gasteiger partial charge in [0.25, 0.3) is 0 Å². The number of para-hydroxylation sites is 1. The van der Waals surface area contributed by atoms with Crippen LogP contribution in [0.5, 0.6) is 0 Å². The molecule has 1 aromatic carbocycles. The maximum Gasteiger partial charge on any atom is 0.212 e. The van der Waals surface area contributed by atoms with Gasteiger partial charge in [-0.1, -0.05) is 24.1 Å². The fourth-order valence-electron chi connectivity index (χ4n) is 4.23. The number of hydrogen-bond acceptors (Lipinski definition) is 9. The Morgan fingerprint density at radius 2 is 2.14 bits per heavy atom. The second kappa shape index (κ2) is 13.3. The number of rotatable bonds is 7. The van der Waals surface area contributed by atoms with E-state index in [9.17, 15) is 9.59 Å². The van der Waals surface area contributed by atoms with E-state index >= 15 is 0 Å². The molecule has 0 aliphatic carbocycles. The van der Waals surface area contributed by atoms with E-state index in [1.165, 1.54) is 0 Å². The highest BCUT2D eigenvalue weighted by Gasteiger charge is 2.23. The normalized spacial score (nSPS) is 19.6. The molecule has 190 valence electrons. The van der Waals surface area contributed by atoms with Crippen molar-refractivity contribution in [3.8, 4) is 12.0 Å². The van der Waals surface area contributed by atoms with Gasteiger partial charge >= 0.3 is 0 Å². The maximum absolute atomic E-state index is 11.4. The zero-order valence-corrected chi connectivity index (χ0v) is 21.2. The number of piperidine rings is 1. The van der Waals surface area contributed by atoms with Crippen LogP contribution in [-0.2, 0) is 16.1 Å². The summed E-state index contributed by atoms with van der Waals surface area (Å²) in [5, 5.41) is 6.74. The van der Waals surface area contributed by atoms with Gasteiger partial charge in [-0.2, -0.15) is 0 Å². The molecule has 2 N–H and O–H groups in total. The third kappa shape index (κ3) is 7.34. The summed E-state index contributed by atoms with van der Waals surface area (Å²) in [7, 11) is 4.04. The lowest BCUT2D eigenvalue weighted by atomic mass is 10.1. The predicted molar refractivity (Wildman–Crippen MR) is 141 cm³/mol. The molecule has 1 aromatic heterocycles. The van der Waals surface area contributed by atoms with Crippen LogP contribution >= 0.6 is 0 Å². The van der Waals surface area contributed by atoms with Gasteiger partial charge in [0.1, 0.15) is 11.5 Å². The van der Waals surface area contributed by atoms with Crippen LogP contribution in [0.3, 0.4) is 0 Å². The fraction of sp³-hybridized carbons (Fsp3) is 0.423. The van der Waals surface area contributed by atoms with Crippen LogP contribution in [0.2, 0.25) is 0 Å². The van der Waals surface area contributed by atoms with Crippen molar-refractivity contribution in [2.45, 2.75) is 32.4 Å². The summed E-state index contributed by atoms with van der Waals surface area (Å²) in [5.74, 6) is 4.03. The average molecular weight is 491 g/mol. The number of nitrogens with zero attached hydrogens (tertiary/aromatic N) is 6. The molecule has 2 unspecified atom stereocenters. The number of aldehydes is 1. The number of amides is 1. The van der Waals surface area contributed by atoms with Gasteiger partial charge in [-0.05, 0) is 53.2 Å². The molecule has 0 radical (unpaired) electrons. The first kappa shape index (κ1) is 26.8. The molecule has 36 heavy (non-hydrogen) atoms. The largest absolute Gasteiger partial charge is 0.342 e. The first-order valence-corrected chi connectivity index (χ1v) is 11.9. The van der Waals surface area contributed by atoms with Crippen molar-refractivity contribution >= 4 is 30.3 Å². The van der Waals surface area contributed by atoms with E-state index in [0.29, 0.717) is 32.0 Å². The Labute approximate surface area is 212 Å². The molecule has 2 aliphatic rings. The topological polar surface area (TPSA) is 106 Å². The van der Waals surface area contributed by atoms with Crippen LogP contribution in [0.25, 0.3) is 10.9 Å². The molecule has 2 atom stereocenters. The van der Waals surface area contributed by atoms with Crippen LogP contribution in [-0.4, -0.2) is 90.5 Å². The number of aliphatic imine (C=N–C) groups is 1. The monoisotopic (exact) mass is 490 g/mol. The first-order chi connectivity index (χ1) is 17.4. The first-order valence-electron chi connectivity index (χ1n) is 11.9. The Morgan fingerprint density at radius 1 is 1.33 bits per heavy atom. The van der Waals surface area contributed by atoms with Crippen LogP contribution in [0.15, 0.2) is 40.8 Å². The third-order valence-electron chi connectivity index (χ3n) is 5.86. The summed E-state index contributed by atoms with van der Waals surface area (Å²) in [6.45, 7) is 9.01. The molecule has 0 saturated carbocycles. The Kier molecular flexibility index (Phi) is 9.92. The standard InChI is InChI=1S/C14H19N5O2.C12H15N3/c1-15-14(17-10-21)13(9-20)19-7-3-5-16-12-4-2-6-18(8-12)11-19;1-9-10-6-4-5-7-11(10)14-12(13-9)8-15(2)3/h9-10,12,16H,1-2,4,6-8,11H2,(H,17,21);4-7H,8H2,1-3H3/b14-13+;. The molecule has 2 aliphatic heterocycles. The van der Waals surface area contributed by atoms with Gasteiger partial charge in [-0.15, -0.1) is 0 Å².